The molecule has 4 aromatic heterocycles. The van der Waals surface area contributed by atoms with E-state index in [2.05, 4.69) is 21.6 Å². The lowest BCUT2D eigenvalue weighted by Gasteiger charge is -2.09. The summed E-state index contributed by atoms with van der Waals surface area (Å²) in [4.78, 5) is 25.6. The Kier molecular flexibility index (Phi) is 5.32. The number of thioether (sulfide) groups is 1. The van der Waals surface area contributed by atoms with E-state index in [0.717, 1.165) is 22.3 Å². The maximum absolute atomic E-state index is 13.0. The summed E-state index contributed by atoms with van der Waals surface area (Å²) in [7, 11) is 0. The van der Waals surface area contributed by atoms with Crippen LogP contribution >= 0.6 is 23.1 Å². The van der Waals surface area contributed by atoms with Gasteiger partial charge in [-0.25, -0.2) is 0 Å². The average molecular weight is 466 g/mol. The van der Waals surface area contributed by atoms with E-state index in [4.69, 9.17) is 4.42 Å². The Morgan fingerprint density at radius 3 is 2.75 bits per heavy atom. The number of aryl methyl sites for hydroxylation is 2. The Bertz CT molecular complexity index is 1480. The van der Waals surface area contributed by atoms with E-state index >= 15 is 0 Å². The van der Waals surface area contributed by atoms with Gasteiger partial charge >= 0.3 is 0 Å². The zero-order valence-electron chi connectivity index (χ0n) is 17.4. The van der Waals surface area contributed by atoms with E-state index in [1.807, 2.05) is 47.9 Å². The molecule has 32 heavy (non-hydrogen) atoms. The van der Waals surface area contributed by atoms with E-state index in [1.54, 1.807) is 16.9 Å². The summed E-state index contributed by atoms with van der Waals surface area (Å²) in [5.41, 5.74) is 3.53. The third kappa shape index (κ3) is 3.82. The number of fused-ring (bicyclic) bond motifs is 3. The number of rotatable bonds is 6. The van der Waals surface area contributed by atoms with E-state index in [9.17, 15) is 9.59 Å². The van der Waals surface area contributed by atoms with E-state index in [0.29, 0.717) is 21.4 Å². The predicted octanol–water partition coefficient (Wildman–Crippen LogP) is 4.09. The molecule has 0 unspecified atom stereocenters. The van der Waals surface area contributed by atoms with E-state index in [-0.39, 0.29) is 23.8 Å². The number of furan rings is 1. The molecule has 0 radical (unpaired) electrons. The molecular formula is C22H19N5O3S2. The molecule has 4 heterocycles. The van der Waals surface area contributed by atoms with Crippen molar-refractivity contribution in [2.24, 2.45) is 0 Å². The predicted molar refractivity (Wildman–Crippen MR) is 126 cm³/mol. The topological polar surface area (TPSA) is 94.4 Å². The van der Waals surface area contributed by atoms with Crippen LogP contribution < -0.4 is 10.9 Å². The number of amides is 1. The minimum Gasteiger partial charge on any atom is -0.467 e. The van der Waals surface area contributed by atoms with Crippen molar-refractivity contribution in [1.82, 2.24) is 19.2 Å². The highest BCUT2D eigenvalue weighted by molar-refractivity contribution is 7.99. The van der Waals surface area contributed by atoms with Gasteiger partial charge in [0.15, 0.2) is 5.16 Å². The second-order valence-corrected chi connectivity index (χ2v) is 9.30. The summed E-state index contributed by atoms with van der Waals surface area (Å²) in [6.45, 7) is 4.24. The third-order valence-electron chi connectivity index (χ3n) is 4.91. The second kappa shape index (κ2) is 8.29. The van der Waals surface area contributed by atoms with Crippen LogP contribution in [0.3, 0.4) is 0 Å². The van der Waals surface area contributed by atoms with Gasteiger partial charge in [0.25, 0.3) is 5.56 Å². The van der Waals surface area contributed by atoms with E-state index < -0.39 is 0 Å². The smallest absolute Gasteiger partial charge is 0.273 e. The van der Waals surface area contributed by atoms with Gasteiger partial charge in [0.2, 0.25) is 11.7 Å². The fourth-order valence-electron chi connectivity index (χ4n) is 3.67. The Morgan fingerprint density at radius 1 is 1.19 bits per heavy atom. The van der Waals surface area contributed by atoms with E-state index in [1.165, 1.54) is 23.1 Å². The molecular weight excluding hydrogens is 446 g/mol. The largest absolute Gasteiger partial charge is 0.467 e. The average Bonchev–Trinajstić information content (AvgIpc) is 3.49. The lowest BCUT2D eigenvalue weighted by molar-refractivity contribution is -0.113. The fourth-order valence-corrected chi connectivity index (χ4v) is 5.23. The first-order chi connectivity index (χ1) is 15.5. The molecule has 0 aliphatic rings. The van der Waals surface area contributed by atoms with Crippen LogP contribution in [-0.2, 0) is 11.3 Å². The molecule has 8 nitrogen and oxygen atoms in total. The first kappa shape index (κ1) is 20.5. The number of carbonyl (C=O) groups excluding carboxylic acids is 1. The molecule has 0 aliphatic heterocycles. The van der Waals surface area contributed by atoms with Gasteiger partial charge in [0.1, 0.15) is 10.5 Å². The van der Waals surface area contributed by atoms with Gasteiger partial charge in [-0.05, 0) is 60.7 Å². The zero-order valence-corrected chi connectivity index (χ0v) is 19.0. The SMILES string of the molecule is Cc1cc(C)cc(NC(=O)CSc2nnc3n(Cc4ccco4)c(=O)c4sccc4n23)c1. The highest BCUT2D eigenvalue weighted by atomic mass is 32.2. The van der Waals surface area contributed by atoms with Gasteiger partial charge in [-0.15, -0.1) is 21.5 Å². The Morgan fingerprint density at radius 2 is 2.00 bits per heavy atom. The first-order valence-corrected chi connectivity index (χ1v) is 11.7. The van der Waals surface area contributed by atoms with Crippen molar-refractivity contribution in [3.05, 3.63) is 75.3 Å². The second-order valence-electron chi connectivity index (χ2n) is 7.44. The highest BCUT2D eigenvalue weighted by Crippen LogP contribution is 2.25. The normalized spacial score (nSPS) is 11.4. The molecule has 0 spiro atoms. The fraction of sp³-hybridized carbons (Fsp3) is 0.182. The lowest BCUT2D eigenvalue weighted by Crippen LogP contribution is -2.23. The van der Waals surface area contributed by atoms with Crippen LogP contribution in [0, 0.1) is 13.8 Å². The molecule has 1 N–H and O–H groups in total. The van der Waals surface area contributed by atoms with Crippen LogP contribution in [-0.4, -0.2) is 30.8 Å². The number of nitrogens with one attached hydrogen (secondary N) is 1. The van der Waals surface area contributed by atoms with Crippen LogP contribution in [0.2, 0.25) is 0 Å². The number of thiophene rings is 1. The molecule has 162 valence electrons. The van der Waals surface area contributed by atoms with Crippen molar-refractivity contribution in [3.8, 4) is 0 Å². The van der Waals surface area contributed by atoms with Gasteiger partial charge in [-0.2, -0.15) is 0 Å². The maximum atomic E-state index is 13.0. The van der Waals surface area contributed by atoms with Gasteiger partial charge in [-0.1, -0.05) is 17.8 Å². The number of benzene rings is 1. The minimum absolute atomic E-state index is 0.137. The van der Waals surface area contributed by atoms with Crippen molar-refractivity contribution in [2.75, 3.05) is 11.1 Å². The molecule has 0 saturated heterocycles. The Labute approximate surface area is 190 Å². The molecule has 0 fully saturated rings. The summed E-state index contributed by atoms with van der Waals surface area (Å²) in [6.07, 6.45) is 1.57. The third-order valence-corrected chi connectivity index (χ3v) is 6.73. The number of anilines is 1. The molecule has 10 heteroatoms. The Hall–Kier alpha value is -3.37. The number of carbonyl (C=O) groups is 1. The minimum atomic E-state index is -0.143. The van der Waals surface area contributed by atoms with Crippen LogP contribution in [0.5, 0.6) is 0 Å². The monoisotopic (exact) mass is 465 g/mol. The molecule has 5 aromatic rings. The van der Waals surface area contributed by atoms with Crippen molar-refractivity contribution in [1.29, 1.82) is 0 Å². The van der Waals surface area contributed by atoms with Crippen LogP contribution in [0.4, 0.5) is 5.69 Å². The van der Waals surface area contributed by atoms with Gasteiger partial charge in [0, 0.05) is 5.69 Å². The summed E-state index contributed by atoms with van der Waals surface area (Å²) in [6, 6.07) is 11.4. The van der Waals surface area contributed by atoms with Gasteiger partial charge < -0.3 is 9.73 Å². The summed E-state index contributed by atoms with van der Waals surface area (Å²) >= 11 is 2.64. The lowest BCUT2D eigenvalue weighted by atomic mass is 10.1. The molecule has 1 amide bonds. The molecule has 0 bridgehead atoms. The summed E-state index contributed by atoms with van der Waals surface area (Å²) < 4.78 is 9.39. The van der Waals surface area contributed by atoms with Crippen LogP contribution in [0.25, 0.3) is 16.0 Å². The maximum Gasteiger partial charge on any atom is 0.273 e. The molecule has 1 aromatic carbocycles. The van der Waals surface area contributed by atoms with Crippen molar-refractivity contribution >= 4 is 50.7 Å². The van der Waals surface area contributed by atoms with Gasteiger partial charge in [-0.3, -0.25) is 18.6 Å². The van der Waals surface area contributed by atoms with Crippen molar-refractivity contribution < 1.29 is 9.21 Å². The summed E-state index contributed by atoms with van der Waals surface area (Å²) in [5.74, 6) is 1.09. The number of hydrogen-bond acceptors (Lipinski definition) is 7. The summed E-state index contributed by atoms with van der Waals surface area (Å²) in [5, 5.41) is 13.9. The van der Waals surface area contributed by atoms with Crippen molar-refractivity contribution in [2.45, 2.75) is 25.5 Å². The van der Waals surface area contributed by atoms with Crippen molar-refractivity contribution in [3.63, 3.8) is 0 Å². The molecule has 0 aliphatic carbocycles. The molecule has 0 atom stereocenters. The number of aromatic nitrogens is 4. The number of nitrogens with zero attached hydrogens (tertiary/aromatic N) is 4. The van der Waals surface area contributed by atoms with Crippen LogP contribution in [0.15, 0.2) is 62.4 Å². The zero-order chi connectivity index (χ0) is 22.2. The highest BCUT2D eigenvalue weighted by Gasteiger charge is 2.19. The molecule has 0 saturated carbocycles. The quantitative estimate of drug-likeness (QED) is 0.380. The molecule has 5 rings (SSSR count). The standard InChI is InChI=1S/C22H19N5O3S2/c1-13-8-14(2)10-15(9-13)23-18(28)12-32-22-25-24-21-26(11-16-4-3-6-30-16)20(29)19-17(27(21)22)5-7-31-19/h3-10H,11-12H2,1-2H3,(H,23,28). The van der Waals surface area contributed by atoms with Crippen LogP contribution in [0.1, 0.15) is 16.9 Å². The first-order valence-electron chi connectivity index (χ1n) is 9.88. The van der Waals surface area contributed by atoms with Gasteiger partial charge in [0.05, 0.1) is 24.1 Å². The number of hydrogen-bond donors (Lipinski definition) is 1. The Balaban J connectivity index is 1.45.